The Morgan fingerprint density at radius 2 is 1.45 bits per heavy atom. The summed E-state index contributed by atoms with van der Waals surface area (Å²) in [6.45, 7) is 6.46. The molecule has 0 saturated carbocycles. The fourth-order valence-electron chi connectivity index (χ4n) is 3.38. The molecule has 0 amide bonds. The van der Waals surface area contributed by atoms with Crippen LogP contribution in [-0.4, -0.2) is 10.5 Å². The van der Waals surface area contributed by atoms with Crippen LogP contribution in [-0.2, 0) is 9.54 Å². The van der Waals surface area contributed by atoms with E-state index in [1.54, 1.807) is 0 Å². The zero-order valence-corrected chi connectivity index (χ0v) is 14.2. The van der Waals surface area contributed by atoms with E-state index in [2.05, 4.69) is 69.3 Å². The number of carbonyl (C=O) groups excluding carboxylic acids is 1. The topological polar surface area (TPSA) is 17.1 Å². The lowest BCUT2D eigenvalue weighted by atomic mass is 9.83. The van der Waals surface area contributed by atoms with Crippen LogP contribution in [0.2, 0.25) is 0 Å². The van der Waals surface area contributed by atoms with Gasteiger partial charge in [0.25, 0.3) is 0 Å². The quantitative estimate of drug-likeness (QED) is 0.766. The number of hydrogen-bond acceptors (Lipinski definition) is 2. The third-order valence-electron chi connectivity index (χ3n) is 4.28. The third-order valence-corrected chi connectivity index (χ3v) is 5.94. The maximum absolute atomic E-state index is 12.5. The van der Waals surface area contributed by atoms with Gasteiger partial charge in [-0.3, -0.25) is 4.79 Å². The van der Waals surface area contributed by atoms with Gasteiger partial charge in [0.05, 0.1) is 4.75 Å². The van der Waals surface area contributed by atoms with Crippen molar-refractivity contribution in [3.8, 4) is 0 Å². The zero-order valence-electron chi connectivity index (χ0n) is 13.4. The molecule has 1 heterocycles. The number of thioether (sulfide) groups is 1. The average Bonchev–Trinajstić information content (AvgIpc) is 2.46. The lowest BCUT2D eigenvalue weighted by Crippen LogP contribution is -2.40. The summed E-state index contributed by atoms with van der Waals surface area (Å²) in [4.78, 5) is 12.5. The first-order valence-electron chi connectivity index (χ1n) is 7.76. The van der Waals surface area contributed by atoms with Crippen LogP contribution in [0.25, 0.3) is 0 Å². The van der Waals surface area contributed by atoms with Gasteiger partial charge in [-0.05, 0) is 18.1 Å². The van der Waals surface area contributed by atoms with E-state index in [9.17, 15) is 4.79 Å². The van der Waals surface area contributed by atoms with Gasteiger partial charge in [-0.1, -0.05) is 74.0 Å². The minimum Gasteiger partial charge on any atom is -0.300 e. The van der Waals surface area contributed by atoms with Crippen LogP contribution < -0.4 is 0 Å². The van der Waals surface area contributed by atoms with E-state index < -0.39 is 0 Å². The Balaban J connectivity index is 2.18. The van der Waals surface area contributed by atoms with Crippen LogP contribution in [0.3, 0.4) is 0 Å². The van der Waals surface area contributed by atoms with Crippen molar-refractivity contribution < 1.29 is 4.79 Å². The molecule has 1 atom stereocenters. The molecule has 0 N–H and O–H groups in total. The zero-order chi connectivity index (χ0) is 15.8. The van der Waals surface area contributed by atoms with Crippen LogP contribution in [0.1, 0.15) is 43.4 Å². The Hall–Kier alpha value is -1.54. The predicted molar refractivity (Wildman–Crippen MR) is 94.3 cm³/mol. The third kappa shape index (κ3) is 2.85. The van der Waals surface area contributed by atoms with Crippen LogP contribution in [0.5, 0.6) is 0 Å². The number of rotatable bonds is 2. The summed E-state index contributed by atoms with van der Waals surface area (Å²) in [7, 11) is 0. The van der Waals surface area contributed by atoms with Gasteiger partial charge in [-0.2, -0.15) is 0 Å². The summed E-state index contributed by atoms with van der Waals surface area (Å²) in [5, 5.41) is 0. The highest BCUT2D eigenvalue weighted by Gasteiger charge is 2.46. The van der Waals surface area contributed by atoms with Crippen molar-refractivity contribution >= 4 is 17.5 Å². The van der Waals surface area contributed by atoms with Gasteiger partial charge < -0.3 is 0 Å². The van der Waals surface area contributed by atoms with Crippen molar-refractivity contribution in [3.05, 3.63) is 71.3 Å². The summed E-state index contributed by atoms with van der Waals surface area (Å²) < 4.78 is -0.316. The number of hydrogen-bond donors (Lipinski definition) is 0. The molecule has 0 unspecified atom stereocenters. The predicted octanol–water partition coefficient (Wildman–Crippen LogP) is 5.11. The molecule has 1 saturated heterocycles. The summed E-state index contributed by atoms with van der Waals surface area (Å²) in [6, 6.07) is 19.1. The number of aryl methyl sites for hydroxylation is 1. The fourth-order valence-corrected chi connectivity index (χ4v) is 5.30. The fraction of sp³-hybridized carbons (Fsp3) is 0.350. The average molecular weight is 310 g/mol. The first-order chi connectivity index (χ1) is 10.4. The van der Waals surface area contributed by atoms with E-state index in [1.807, 2.05) is 17.8 Å². The van der Waals surface area contributed by atoms with E-state index in [-0.39, 0.29) is 9.49 Å². The molecule has 0 radical (unpaired) electrons. The summed E-state index contributed by atoms with van der Waals surface area (Å²) in [5.74, 6) is 0.355. The maximum atomic E-state index is 12.5. The highest BCUT2D eigenvalue weighted by Crippen LogP contribution is 2.55. The molecule has 2 heteroatoms. The monoisotopic (exact) mass is 310 g/mol. The van der Waals surface area contributed by atoms with Crippen molar-refractivity contribution in [2.45, 2.75) is 43.1 Å². The number of ketones is 1. The number of carbonyl (C=O) groups is 1. The molecule has 114 valence electrons. The van der Waals surface area contributed by atoms with Gasteiger partial charge in [0.1, 0.15) is 5.78 Å². The van der Waals surface area contributed by atoms with E-state index in [0.29, 0.717) is 18.6 Å². The second-order valence-electron chi connectivity index (χ2n) is 6.81. The Kier molecular flexibility index (Phi) is 3.90. The van der Waals surface area contributed by atoms with Gasteiger partial charge in [-0.15, -0.1) is 11.8 Å². The van der Waals surface area contributed by atoms with Crippen molar-refractivity contribution in [2.24, 2.45) is 0 Å². The Morgan fingerprint density at radius 1 is 0.864 bits per heavy atom. The molecule has 0 aromatic heterocycles. The molecule has 1 aliphatic rings. The van der Waals surface area contributed by atoms with Crippen molar-refractivity contribution in [1.82, 2.24) is 0 Å². The van der Waals surface area contributed by atoms with E-state index >= 15 is 0 Å². The van der Waals surface area contributed by atoms with Gasteiger partial charge in [0.15, 0.2) is 0 Å². The lowest BCUT2D eigenvalue weighted by molar-refractivity contribution is -0.120. The molecule has 2 aromatic carbocycles. The van der Waals surface area contributed by atoms with Gasteiger partial charge >= 0.3 is 0 Å². The van der Waals surface area contributed by atoms with Gasteiger partial charge in [0.2, 0.25) is 0 Å². The molecule has 1 aliphatic heterocycles. The maximum Gasteiger partial charge on any atom is 0.136 e. The van der Waals surface area contributed by atoms with E-state index in [4.69, 9.17) is 0 Å². The highest BCUT2D eigenvalue weighted by atomic mass is 32.2. The normalized spacial score (nSPS) is 24.2. The van der Waals surface area contributed by atoms with Crippen molar-refractivity contribution in [1.29, 1.82) is 0 Å². The molecule has 0 aliphatic carbocycles. The molecular formula is C20H22OS. The number of benzene rings is 2. The van der Waals surface area contributed by atoms with Gasteiger partial charge in [-0.25, -0.2) is 0 Å². The Labute approximate surface area is 137 Å². The van der Waals surface area contributed by atoms with Crippen molar-refractivity contribution in [3.63, 3.8) is 0 Å². The summed E-state index contributed by atoms with van der Waals surface area (Å²) in [6.07, 6.45) is 1.23. The van der Waals surface area contributed by atoms with E-state index in [1.165, 1.54) is 16.7 Å². The minimum absolute atomic E-state index is 0.0456. The molecular weight excluding hydrogens is 288 g/mol. The molecule has 0 spiro atoms. The summed E-state index contributed by atoms with van der Waals surface area (Å²) in [5.41, 5.74) is 3.71. The van der Waals surface area contributed by atoms with Crippen LogP contribution >= 0.6 is 11.8 Å². The molecule has 2 aromatic rings. The first kappa shape index (κ1) is 15.4. The minimum atomic E-state index is -0.270. The SMILES string of the molecule is Cc1ccc([C@@]2(c3ccccc3)CC(=O)CC(C)(C)S2)cc1. The molecule has 22 heavy (non-hydrogen) atoms. The molecule has 0 bridgehead atoms. The number of Topliss-reactive ketones (excluding diaryl/α,β-unsaturated/α-hetero) is 1. The highest BCUT2D eigenvalue weighted by molar-refractivity contribution is 8.01. The van der Waals surface area contributed by atoms with E-state index in [0.717, 1.165) is 0 Å². The van der Waals surface area contributed by atoms with Crippen molar-refractivity contribution in [2.75, 3.05) is 0 Å². The standard InChI is InChI=1S/C20H22OS/c1-15-9-11-17(12-10-15)20(16-7-5-4-6-8-16)14-18(21)13-19(2,3)22-20/h4-12H,13-14H2,1-3H3/t20-/m0/s1. The first-order valence-corrected chi connectivity index (χ1v) is 8.58. The largest absolute Gasteiger partial charge is 0.300 e. The molecule has 3 rings (SSSR count). The lowest BCUT2D eigenvalue weighted by Gasteiger charge is -2.44. The van der Waals surface area contributed by atoms with Gasteiger partial charge in [0, 0.05) is 17.6 Å². The Morgan fingerprint density at radius 3 is 2.05 bits per heavy atom. The second-order valence-corrected chi connectivity index (χ2v) is 8.82. The Bertz CT molecular complexity index is 673. The smallest absolute Gasteiger partial charge is 0.136 e. The van der Waals surface area contributed by atoms with Crippen LogP contribution in [0, 0.1) is 6.92 Å². The molecule has 1 fully saturated rings. The summed E-state index contributed by atoms with van der Waals surface area (Å²) >= 11 is 1.93. The van der Waals surface area contributed by atoms with Crippen LogP contribution in [0.4, 0.5) is 0 Å². The molecule has 1 nitrogen and oxygen atoms in total. The van der Waals surface area contributed by atoms with Crippen LogP contribution in [0.15, 0.2) is 54.6 Å². The second kappa shape index (κ2) is 5.58.